The van der Waals surface area contributed by atoms with Crippen LogP contribution in [0.5, 0.6) is 0 Å². The molecule has 0 spiro atoms. The molecule has 0 amide bonds. The second kappa shape index (κ2) is 10.5. The van der Waals surface area contributed by atoms with Gasteiger partial charge in [-0.15, -0.1) is 0 Å². The topological polar surface area (TPSA) is 38.1 Å². The Kier molecular flexibility index (Phi) is 6.41. The van der Waals surface area contributed by atoms with Crippen molar-refractivity contribution in [3.8, 4) is 33.6 Å². The van der Waals surface area contributed by atoms with E-state index in [-0.39, 0.29) is 0 Å². The maximum absolute atomic E-state index is 16.6. The van der Waals surface area contributed by atoms with Crippen LogP contribution < -0.4 is 15.3 Å². The lowest BCUT2D eigenvalue weighted by atomic mass is 9.93. The highest BCUT2D eigenvalue weighted by atomic mass is 79.9. The summed E-state index contributed by atoms with van der Waals surface area (Å²) in [6.07, 6.45) is 0. The summed E-state index contributed by atoms with van der Waals surface area (Å²) in [5.74, 6) is 0.783. The van der Waals surface area contributed by atoms with Gasteiger partial charge < -0.3 is 4.57 Å². The Balaban J connectivity index is 1.51. The lowest BCUT2D eigenvalue weighted by molar-refractivity contribution is 0.587. The highest BCUT2D eigenvalue weighted by Gasteiger charge is 2.45. The van der Waals surface area contributed by atoms with Crippen molar-refractivity contribution in [2.75, 3.05) is 4.67 Å². The van der Waals surface area contributed by atoms with Crippen molar-refractivity contribution < 1.29 is 4.57 Å². The standard InChI is InChI=1S/C38H27BrN3OP/c1-41-33-20-10-9-19-32(33)40-38(41)31-17-8-11-21-35(31)44(43)36-22-12-18-29(26-13-4-2-5-14-26)37(36)30-24-23-27(39)25-34(30)42(44)28-15-6-3-7-16-28/h2-25H,1H3. The SMILES string of the molecule is Cn1c(-c2ccccc2P2(=O)c3cccc(-c4ccccc4)c3-c3ccc(Br)cc3N2c2ccccc2)nc2ccccc21. The van der Waals surface area contributed by atoms with Gasteiger partial charge in [-0.05, 0) is 59.7 Å². The van der Waals surface area contributed by atoms with E-state index in [1.54, 1.807) is 0 Å². The summed E-state index contributed by atoms with van der Waals surface area (Å²) in [7, 11) is -1.57. The molecule has 8 rings (SSSR count). The van der Waals surface area contributed by atoms with Gasteiger partial charge in [0.2, 0.25) is 7.29 Å². The molecule has 1 unspecified atom stereocenters. The minimum atomic E-state index is -3.59. The number of hydrogen-bond acceptors (Lipinski definition) is 2. The van der Waals surface area contributed by atoms with E-state index < -0.39 is 7.29 Å². The molecule has 1 aliphatic rings. The zero-order valence-corrected chi connectivity index (χ0v) is 26.4. The summed E-state index contributed by atoms with van der Waals surface area (Å²) in [6, 6.07) is 49.2. The van der Waals surface area contributed by atoms with Crippen LogP contribution in [-0.2, 0) is 11.6 Å². The van der Waals surface area contributed by atoms with Gasteiger partial charge in [0.1, 0.15) is 5.82 Å². The highest BCUT2D eigenvalue weighted by molar-refractivity contribution is 9.10. The first-order valence-electron chi connectivity index (χ1n) is 14.5. The Morgan fingerprint density at radius 3 is 2.09 bits per heavy atom. The summed E-state index contributed by atoms with van der Waals surface area (Å²) in [5, 5.41) is 1.56. The van der Waals surface area contributed by atoms with Gasteiger partial charge in [0.25, 0.3) is 0 Å². The molecule has 0 aliphatic carbocycles. The van der Waals surface area contributed by atoms with Crippen molar-refractivity contribution in [2.45, 2.75) is 0 Å². The first kappa shape index (κ1) is 26.9. The molecule has 0 N–H and O–H groups in total. The molecule has 0 saturated heterocycles. The van der Waals surface area contributed by atoms with Crippen molar-refractivity contribution >= 4 is 56.2 Å². The van der Waals surface area contributed by atoms with E-state index >= 15 is 4.57 Å². The third kappa shape index (κ3) is 4.04. The van der Waals surface area contributed by atoms with Crippen molar-refractivity contribution in [3.05, 3.63) is 150 Å². The molecule has 6 heteroatoms. The van der Waals surface area contributed by atoms with Crippen LogP contribution in [0.25, 0.3) is 44.7 Å². The summed E-state index contributed by atoms with van der Waals surface area (Å²) >= 11 is 3.74. The number of fused-ring (bicyclic) bond motifs is 4. The van der Waals surface area contributed by atoms with Gasteiger partial charge in [0.15, 0.2) is 0 Å². The number of benzene rings is 6. The Labute approximate surface area is 264 Å². The van der Waals surface area contributed by atoms with E-state index in [9.17, 15) is 0 Å². The normalized spacial score (nSPS) is 15.6. The van der Waals surface area contributed by atoms with Gasteiger partial charge in [-0.3, -0.25) is 9.24 Å². The van der Waals surface area contributed by atoms with Gasteiger partial charge in [-0.2, -0.15) is 0 Å². The summed E-state index contributed by atoms with van der Waals surface area (Å²) in [6.45, 7) is 0. The molecule has 2 heterocycles. The lowest BCUT2D eigenvalue weighted by Gasteiger charge is -2.41. The maximum Gasteiger partial charge on any atom is 0.235 e. The number of aryl methyl sites for hydroxylation is 1. The van der Waals surface area contributed by atoms with Crippen molar-refractivity contribution in [3.63, 3.8) is 0 Å². The van der Waals surface area contributed by atoms with E-state index in [0.29, 0.717) is 0 Å². The molecule has 0 saturated carbocycles. The minimum absolute atomic E-state index is 0.749. The maximum atomic E-state index is 16.6. The smallest absolute Gasteiger partial charge is 0.235 e. The zero-order chi connectivity index (χ0) is 29.8. The fraction of sp³-hybridized carbons (Fsp3) is 0.0263. The van der Waals surface area contributed by atoms with E-state index in [1.165, 1.54) is 0 Å². The molecule has 1 aliphatic heterocycles. The molecule has 6 aromatic carbocycles. The molecular formula is C38H27BrN3OP. The first-order chi connectivity index (χ1) is 21.6. The quantitative estimate of drug-likeness (QED) is 0.178. The molecule has 0 bridgehead atoms. The number of hydrogen-bond donors (Lipinski definition) is 0. The van der Waals surface area contributed by atoms with Crippen LogP contribution in [0.1, 0.15) is 0 Å². The van der Waals surface area contributed by atoms with Crippen LogP contribution in [-0.4, -0.2) is 9.55 Å². The van der Waals surface area contributed by atoms with E-state index in [1.807, 2.05) is 85.9 Å². The van der Waals surface area contributed by atoms with Crippen LogP contribution in [0.2, 0.25) is 0 Å². The predicted octanol–water partition coefficient (Wildman–Crippen LogP) is 9.72. The number of para-hydroxylation sites is 3. The molecular weight excluding hydrogens is 625 g/mol. The molecule has 4 nitrogen and oxygen atoms in total. The monoisotopic (exact) mass is 651 g/mol. The third-order valence-electron chi connectivity index (χ3n) is 8.45. The number of anilines is 2. The molecule has 0 fully saturated rings. The Hall–Kier alpha value is -4.70. The van der Waals surface area contributed by atoms with Gasteiger partial charge in [-0.25, -0.2) is 4.98 Å². The fourth-order valence-corrected chi connectivity index (χ4v) is 10.1. The van der Waals surface area contributed by atoms with Crippen LogP contribution in [0, 0.1) is 0 Å². The minimum Gasteiger partial charge on any atom is -0.327 e. The van der Waals surface area contributed by atoms with E-state index in [0.717, 1.165) is 71.1 Å². The Bertz CT molecular complexity index is 2240. The zero-order valence-electron chi connectivity index (χ0n) is 23.9. The van der Waals surface area contributed by atoms with Crippen molar-refractivity contribution in [1.82, 2.24) is 9.55 Å². The first-order valence-corrected chi connectivity index (χ1v) is 17.0. The van der Waals surface area contributed by atoms with E-state index in [2.05, 4.69) is 91.9 Å². The van der Waals surface area contributed by atoms with Gasteiger partial charge in [-0.1, -0.05) is 113 Å². The van der Waals surface area contributed by atoms with Crippen LogP contribution in [0.4, 0.5) is 11.4 Å². The van der Waals surface area contributed by atoms with Crippen LogP contribution in [0.3, 0.4) is 0 Å². The molecule has 1 aromatic heterocycles. The predicted molar refractivity (Wildman–Crippen MR) is 187 cm³/mol. The third-order valence-corrected chi connectivity index (χ3v) is 12.0. The summed E-state index contributed by atoms with van der Waals surface area (Å²) < 4.78 is 21.7. The van der Waals surface area contributed by atoms with Gasteiger partial charge in [0.05, 0.1) is 16.7 Å². The van der Waals surface area contributed by atoms with Gasteiger partial charge in [0, 0.05) is 44.5 Å². The molecule has 0 radical (unpaired) electrons. The number of rotatable bonds is 4. The van der Waals surface area contributed by atoms with Crippen molar-refractivity contribution in [2.24, 2.45) is 7.05 Å². The van der Waals surface area contributed by atoms with Crippen LogP contribution >= 0.6 is 23.2 Å². The number of halogens is 1. The second-order valence-corrected chi connectivity index (χ2v) is 14.4. The number of imidazole rings is 1. The van der Waals surface area contributed by atoms with Crippen LogP contribution in [0.15, 0.2) is 150 Å². The average molecular weight is 653 g/mol. The number of nitrogens with zero attached hydrogens (tertiary/aromatic N) is 3. The lowest BCUT2D eigenvalue weighted by Crippen LogP contribution is -2.35. The van der Waals surface area contributed by atoms with E-state index in [4.69, 9.17) is 4.98 Å². The second-order valence-electron chi connectivity index (χ2n) is 11.0. The Morgan fingerprint density at radius 1 is 0.636 bits per heavy atom. The molecule has 1 atom stereocenters. The van der Waals surface area contributed by atoms with Gasteiger partial charge >= 0.3 is 0 Å². The molecule has 7 aromatic rings. The number of aromatic nitrogens is 2. The highest BCUT2D eigenvalue weighted by Crippen LogP contribution is 2.63. The average Bonchev–Trinajstić information content (AvgIpc) is 3.41. The molecule has 44 heavy (non-hydrogen) atoms. The largest absolute Gasteiger partial charge is 0.327 e. The fourth-order valence-electron chi connectivity index (χ4n) is 6.51. The summed E-state index contributed by atoms with van der Waals surface area (Å²) in [5.41, 5.74) is 8.72. The summed E-state index contributed by atoms with van der Waals surface area (Å²) in [4.78, 5) is 5.06. The van der Waals surface area contributed by atoms with Crippen molar-refractivity contribution in [1.29, 1.82) is 0 Å². The molecule has 212 valence electrons. The Morgan fingerprint density at radius 2 is 1.30 bits per heavy atom.